The minimum Gasteiger partial charge on any atom is -0.392 e. The number of amides is 1. The van der Waals surface area contributed by atoms with E-state index in [1.807, 2.05) is 42.0 Å². The molecule has 0 atom stereocenters. The van der Waals surface area contributed by atoms with Crippen LogP contribution in [0.25, 0.3) is 10.9 Å². The molecule has 0 fully saturated rings. The van der Waals surface area contributed by atoms with Crippen molar-refractivity contribution in [2.45, 2.75) is 26.5 Å². The summed E-state index contributed by atoms with van der Waals surface area (Å²) in [6, 6.07) is 7.86. The van der Waals surface area contributed by atoms with Crippen LogP contribution in [0, 0.1) is 0 Å². The maximum absolute atomic E-state index is 11.5. The molecule has 0 aliphatic heterocycles. The van der Waals surface area contributed by atoms with Crippen LogP contribution in [-0.2, 0) is 17.9 Å². The van der Waals surface area contributed by atoms with Gasteiger partial charge >= 0.3 is 0 Å². The second-order valence-corrected chi connectivity index (χ2v) is 4.23. The van der Waals surface area contributed by atoms with Gasteiger partial charge in [-0.15, -0.1) is 0 Å². The molecule has 4 heteroatoms. The number of carbonyl (C=O) groups excluding carboxylic acids is 1. The van der Waals surface area contributed by atoms with Gasteiger partial charge in [0.2, 0.25) is 5.91 Å². The van der Waals surface area contributed by atoms with Gasteiger partial charge in [-0.25, -0.2) is 0 Å². The van der Waals surface area contributed by atoms with Gasteiger partial charge in [-0.2, -0.15) is 0 Å². The molecule has 0 aliphatic rings. The number of aliphatic hydroxyl groups excluding tert-OH is 1. The average molecular weight is 246 g/mol. The molecule has 1 heterocycles. The summed E-state index contributed by atoms with van der Waals surface area (Å²) in [6.45, 7) is 3.22. The Morgan fingerprint density at radius 3 is 2.94 bits per heavy atom. The maximum Gasteiger partial charge on any atom is 0.221 e. The van der Waals surface area contributed by atoms with Gasteiger partial charge in [-0.1, -0.05) is 18.2 Å². The molecule has 4 nitrogen and oxygen atoms in total. The van der Waals surface area contributed by atoms with Gasteiger partial charge in [0.25, 0.3) is 0 Å². The Morgan fingerprint density at radius 1 is 1.39 bits per heavy atom. The first-order chi connectivity index (χ1) is 8.76. The molecule has 2 aromatic rings. The van der Waals surface area contributed by atoms with E-state index in [1.54, 1.807) is 0 Å². The van der Waals surface area contributed by atoms with Gasteiger partial charge < -0.3 is 15.0 Å². The Balaban J connectivity index is 2.20. The highest BCUT2D eigenvalue weighted by Gasteiger charge is 2.07. The molecule has 0 spiro atoms. The second kappa shape index (κ2) is 5.69. The van der Waals surface area contributed by atoms with Crippen LogP contribution in [0.1, 0.15) is 18.9 Å². The molecule has 0 aliphatic carbocycles. The standard InChI is InChI=1S/C14H18N2O2/c1-2-15-13(18)7-9-16-8-6-11-4-3-5-12(10-17)14(11)16/h3-6,8,17H,2,7,9-10H2,1H3,(H,15,18). The Kier molecular flexibility index (Phi) is 3.99. The Bertz CT molecular complexity index is 546. The number of aromatic nitrogens is 1. The molecular formula is C14H18N2O2. The summed E-state index contributed by atoms with van der Waals surface area (Å²) in [7, 11) is 0. The van der Waals surface area contributed by atoms with E-state index in [0.717, 1.165) is 16.5 Å². The van der Waals surface area contributed by atoms with Crippen LogP contribution in [0.5, 0.6) is 0 Å². The first kappa shape index (κ1) is 12.6. The number of carbonyl (C=O) groups is 1. The van der Waals surface area contributed by atoms with E-state index < -0.39 is 0 Å². The summed E-state index contributed by atoms with van der Waals surface area (Å²) in [5.74, 6) is 0.0563. The fourth-order valence-electron chi connectivity index (χ4n) is 2.16. The number of fused-ring (bicyclic) bond motifs is 1. The molecule has 0 bridgehead atoms. The van der Waals surface area contributed by atoms with Crippen molar-refractivity contribution in [3.8, 4) is 0 Å². The van der Waals surface area contributed by atoms with E-state index in [2.05, 4.69) is 5.32 Å². The molecule has 96 valence electrons. The summed E-state index contributed by atoms with van der Waals surface area (Å²) >= 11 is 0. The van der Waals surface area contributed by atoms with Crippen molar-refractivity contribution in [3.05, 3.63) is 36.0 Å². The summed E-state index contributed by atoms with van der Waals surface area (Å²) < 4.78 is 2.02. The lowest BCUT2D eigenvalue weighted by atomic mass is 10.1. The molecular weight excluding hydrogens is 228 g/mol. The van der Waals surface area contributed by atoms with Crippen molar-refractivity contribution < 1.29 is 9.90 Å². The van der Waals surface area contributed by atoms with Gasteiger partial charge in [0, 0.05) is 31.3 Å². The Hall–Kier alpha value is -1.81. The highest BCUT2D eigenvalue weighted by atomic mass is 16.3. The maximum atomic E-state index is 11.5. The van der Waals surface area contributed by atoms with Crippen molar-refractivity contribution in [1.29, 1.82) is 0 Å². The number of rotatable bonds is 5. The molecule has 1 aromatic carbocycles. The Labute approximate surface area is 106 Å². The van der Waals surface area contributed by atoms with Crippen molar-refractivity contribution in [2.75, 3.05) is 6.54 Å². The molecule has 18 heavy (non-hydrogen) atoms. The van der Waals surface area contributed by atoms with Gasteiger partial charge in [0.15, 0.2) is 0 Å². The molecule has 0 unspecified atom stereocenters. The van der Waals surface area contributed by atoms with Crippen molar-refractivity contribution in [1.82, 2.24) is 9.88 Å². The lowest BCUT2D eigenvalue weighted by Gasteiger charge is -2.08. The van der Waals surface area contributed by atoms with E-state index in [4.69, 9.17) is 0 Å². The molecule has 0 radical (unpaired) electrons. The predicted molar refractivity (Wildman–Crippen MR) is 71.2 cm³/mol. The van der Waals surface area contributed by atoms with Crippen LogP contribution >= 0.6 is 0 Å². The van der Waals surface area contributed by atoms with Crippen LogP contribution in [0.15, 0.2) is 30.5 Å². The van der Waals surface area contributed by atoms with Gasteiger partial charge in [0.05, 0.1) is 12.1 Å². The average Bonchev–Trinajstić information content (AvgIpc) is 2.80. The molecule has 0 saturated heterocycles. The molecule has 1 amide bonds. The molecule has 1 aromatic heterocycles. The highest BCUT2D eigenvalue weighted by Crippen LogP contribution is 2.20. The van der Waals surface area contributed by atoms with E-state index in [0.29, 0.717) is 19.5 Å². The van der Waals surface area contributed by atoms with Crippen molar-refractivity contribution in [2.24, 2.45) is 0 Å². The minimum atomic E-state index is 0.0164. The number of hydrogen-bond donors (Lipinski definition) is 2. The summed E-state index contributed by atoms with van der Waals surface area (Å²) in [5.41, 5.74) is 1.91. The largest absolute Gasteiger partial charge is 0.392 e. The molecule has 0 saturated carbocycles. The lowest BCUT2D eigenvalue weighted by molar-refractivity contribution is -0.121. The zero-order chi connectivity index (χ0) is 13.0. The summed E-state index contributed by atoms with van der Waals surface area (Å²) in [5, 5.41) is 13.2. The minimum absolute atomic E-state index is 0.0164. The number of nitrogens with zero attached hydrogens (tertiary/aromatic N) is 1. The van der Waals surface area contributed by atoms with Gasteiger partial charge in [0.1, 0.15) is 0 Å². The third-order valence-corrected chi connectivity index (χ3v) is 3.00. The number of para-hydroxylation sites is 1. The second-order valence-electron chi connectivity index (χ2n) is 4.23. The third kappa shape index (κ3) is 2.54. The monoisotopic (exact) mass is 246 g/mol. The normalized spacial score (nSPS) is 10.8. The number of benzene rings is 1. The highest BCUT2D eigenvalue weighted by molar-refractivity contribution is 5.83. The van der Waals surface area contributed by atoms with Crippen LogP contribution in [0.2, 0.25) is 0 Å². The zero-order valence-electron chi connectivity index (χ0n) is 10.5. The summed E-state index contributed by atoms with van der Waals surface area (Å²) in [6.07, 6.45) is 2.42. The van der Waals surface area contributed by atoms with Gasteiger partial charge in [-0.3, -0.25) is 4.79 Å². The molecule has 2 N–H and O–H groups in total. The van der Waals surface area contributed by atoms with Crippen molar-refractivity contribution in [3.63, 3.8) is 0 Å². The first-order valence-electron chi connectivity index (χ1n) is 6.20. The summed E-state index contributed by atoms with van der Waals surface area (Å²) in [4.78, 5) is 11.5. The van der Waals surface area contributed by atoms with E-state index in [-0.39, 0.29) is 12.5 Å². The number of aryl methyl sites for hydroxylation is 1. The number of aliphatic hydroxyl groups is 1. The van der Waals surface area contributed by atoms with E-state index >= 15 is 0 Å². The SMILES string of the molecule is CCNC(=O)CCn1ccc2cccc(CO)c21. The quantitative estimate of drug-likeness (QED) is 0.843. The number of nitrogens with one attached hydrogen (secondary N) is 1. The number of hydrogen-bond acceptors (Lipinski definition) is 2. The van der Waals surface area contributed by atoms with Crippen LogP contribution in [-0.4, -0.2) is 22.1 Å². The molecule has 2 rings (SSSR count). The Morgan fingerprint density at radius 2 is 2.22 bits per heavy atom. The fourth-order valence-corrected chi connectivity index (χ4v) is 2.16. The zero-order valence-corrected chi connectivity index (χ0v) is 10.5. The van der Waals surface area contributed by atoms with E-state index in [1.165, 1.54) is 0 Å². The topological polar surface area (TPSA) is 54.3 Å². The first-order valence-corrected chi connectivity index (χ1v) is 6.20. The fraction of sp³-hybridized carbons (Fsp3) is 0.357. The van der Waals surface area contributed by atoms with Crippen LogP contribution in [0.3, 0.4) is 0 Å². The lowest BCUT2D eigenvalue weighted by Crippen LogP contribution is -2.23. The van der Waals surface area contributed by atoms with Gasteiger partial charge in [-0.05, 0) is 18.4 Å². The third-order valence-electron chi connectivity index (χ3n) is 3.00. The predicted octanol–water partition coefficient (Wildman–Crippen LogP) is 1.66. The smallest absolute Gasteiger partial charge is 0.221 e. The van der Waals surface area contributed by atoms with Crippen molar-refractivity contribution >= 4 is 16.8 Å². The van der Waals surface area contributed by atoms with E-state index in [9.17, 15) is 9.90 Å². The van der Waals surface area contributed by atoms with Crippen LogP contribution in [0.4, 0.5) is 0 Å². The van der Waals surface area contributed by atoms with Crippen LogP contribution < -0.4 is 5.32 Å².